The van der Waals surface area contributed by atoms with Gasteiger partial charge in [0, 0.05) is 38.8 Å². The van der Waals surface area contributed by atoms with Crippen molar-refractivity contribution in [3.8, 4) is 0 Å². The van der Waals surface area contributed by atoms with Gasteiger partial charge in [-0.3, -0.25) is 4.90 Å². The highest BCUT2D eigenvalue weighted by atomic mass is 16.5. The molecule has 0 radical (unpaired) electrons. The zero-order valence-electron chi connectivity index (χ0n) is 12.0. The number of nitrogens with zero attached hydrogens (tertiary/aromatic N) is 1. The molecule has 0 saturated carbocycles. The number of hydrogen-bond acceptors (Lipinski definition) is 5. The number of likely N-dealkylation sites (N-methyl/N-ethyl adjacent to an activating group) is 1. The van der Waals surface area contributed by atoms with Crippen molar-refractivity contribution in [1.29, 1.82) is 0 Å². The topological polar surface area (TPSA) is 65.0 Å². The number of aliphatic hydroxyl groups is 2. The molecule has 5 heteroatoms. The van der Waals surface area contributed by atoms with Crippen molar-refractivity contribution in [2.75, 3.05) is 39.9 Å². The van der Waals surface area contributed by atoms with Crippen LogP contribution in [0.25, 0.3) is 0 Å². The van der Waals surface area contributed by atoms with Gasteiger partial charge in [-0.05, 0) is 39.3 Å². The van der Waals surface area contributed by atoms with Crippen molar-refractivity contribution in [2.24, 2.45) is 0 Å². The summed E-state index contributed by atoms with van der Waals surface area (Å²) in [6.45, 7) is 3.95. The summed E-state index contributed by atoms with van der Waals surface area (Å²) in [5, 5.41) is 24.0. The average molecular weight is 272 g/mol. The van der Waals surface area contributed by atoms with Crippen LogP contribution in [0.1, 0.15) is 32.1 Å². The maximum atomic E-state index is 10.4. The normalized spacial score (nSPS) is 29.4. The van der Waals surface area contributed by atoms with Crippen LogP contribution in [0.5, 0.6) is 0 Å². The number of aliphatic hydroxyl groups excluding tert-OH is 1. The minimum absolute atomic E-state index is 0.459. The summed E-state index contributed by atoms with van der Waals surface area (Å²) in [6.07, 6.45) is 3.66. The van der Waals surface area contributed by atoms with E-state index in [1.54, 1.807) is 0 Å². The Morgan fingerprint density at radius 3 is 2.79 bits per heavy atom. The lowest BCUT2D eigenvalue weighted by molar-refractivity contribution is -0.0898. The third kappa shape index (κ3) is 4.68. The number of rotatable bonds is 5. The molecule has 2 atom stereocenters. The minimum atomic E-state index is -0.733. The molecule has 112 valence electrons. The molecular weight excluding hydrogens is 244 g/mol. The summed E-state index contributed by atoms with van der Waals surface area (Å²) in [5.74, 6) is 0. The highest BCUT2D eigenvalue weighted by molar-refractivity contribution is 4.86. The quantitative estimate of drug-likeness (QED) is 0.655. The molecule has 3 N–H and O–H groups in total. The van der Waals surface area contributed by atoms with Gasteiger partial charge in [0.25, 0.3) is 0 Å². The van der Waals surface area contributed by atoms with Crippen LogP contribution >= 0.6 is 0 Å². The Morgan fingerprint density at radius 1 is 1.42 bits per heavy atom. The van der Waals surface area contributed by atoms with Crippen molar-refractivity contribution in [2.45, 2.75) is 49.9 Å². The number of ether oxygens (including phenoxy) is 1. The summed E-state index contributed by atoms with van der Waals surface area (Å²) in [5.41, 5.74) is -0.733. The zero-order chi connectivity index (χ0) is 13.7. The van der Waals surface area contributed by atoms with E-state index in [9.17, 15) is 10.2 Å². The number of nitrogens with one attached hydrogen (secondary N) is 1. The van der Waals surface area contributed by atoms with E-state index in [4.69, 9.17) is 4.74 Å². The Balaban J connectivity index is 1.74. The van der Waals surface area contributed by atoms with Crippen molar-refractivity contribution in [3.05, 3.63) is 0 Å². The van der Waals surface area contributed by atoms with Gasteiger partial charge in [0.2, 0.25) is 0 Å². The monoisotopic (exact) mass is 272 g/mol. The summed E-state index contributed by atoms with van der Waals surface area (Å²) in [6, 6.07) is 0.507. The van der Waals surface area contributed by atoms with E-state index in [2.05, 4.69) is 17.3 Å². The van der Waals surface area contributed by atoms with Crippen LogP contribution in [0.4, 0.5) is 0 Å². The van der Waals surface area contributed by atoms with E-state index in [0.29, 0.717) is 45.1 Å². The second-order valence-corrected chi connectivity index (χ2v) is 6.13. The highest BCUT2D eigenvalue weighted by Gasteiger charge is 2.33. The Kier molecular flexibility index (Phi) is 5.59. The fourth-order valence-corrected chi connectivity index (χ4v) is 3.15. The summed E-state index contributed by atoms with van der Waals surface area (Å²) in [4.78, 5) is 2.22. The third-order valence-corrected chi connectivity index (χ3v) is 4.43. The molecular formula is C14H28N2O3. The van der Waals surface area contributed by atoms with Gasteiger partial charge in [0.15, 0.2) is 0 Å². The Bertz CT molecular complexity index is 263. The van der Waals surface area contributed by atoms with Crippen LogP contribution in [0, 0.1) is 0 Å². The average Bonchev–Trinajstić information content (AvgIpc) is 2.39. The summed E-state index contributed by atoms with van der Waals surface area (Å²) >= 11 is 0. The van der Waals surface area contributed by atoms with Gasteiger partial charge < -0.3 is 20.3 Å². The first-order valence-corrected chi connectivity index (χ1v) is 7.48. The molecule has 0 amide bonds. The van der Waals surface area contributed by atoms with Gasteiger partial charge in [0.05, 0.1) is 11.7 Å². The highest BCUT2D eigenvalue weighted by Crippen LogP contribution is 2.26. The SMILES string of the molecule is CN(CC(O)CC1(O)CCOCC1)C1CCCNC1. The van der Waals surface area contributed by atoms with E-state index in [0.717, 1.165) is 13.1 Å². The fraction of sp³-hybridized carbons (Fsp3) is 1.00. The molecule has 5 nitrogen and oxygen atoms in total. The summed E-state index contributed by atoms with van der Waals surface area (Å²) in [7, 11) is 2.06. The van der Waals surface area contributed by atoms with Gasteiger partial charge in [-0.15, -0.1) is 0 Å². The maximum absolute atomic E-state index is 10.4. The molecule has 2 rings (SSSR count). The van der Waals surface area contributed by atoms with Gasteiger partial charge >= 0.3 is 0 Å². The molecule has 0 spiro atoms. The first-order chi connectivity index (χ1) is 9.09. The lowest BCUT2D eigenvalue weighted by Crippen LogP contribution is -2.48. The van der Waals surface area contributed by atoms with Gasteiger partial charge in [-0.25, -0.2) is 0 Å². The maximum Gasteiger partial charge on any atom is 0.0716 e. The first-order valence-electron chi connectivity index (χ1n) is 7.48. The molecule has 2 aliphatic rings. The lowest BCUT2D eigenvalue weighted by atomic mass is 9.88. The minimum Gasteiger partial charge on any atom is -0.392 e. The second kappa shape index (κ2) is 6.99. The largest absolute Gasteiger partial charge is 0.392 e. The van der Waals surface area contributed by atoms with Gasteiger partial charge in [-0.2, -0.15) is 0 Å². The third-order valence-electron chi connectivity index (χ3n) is 4.43. The van der Waals surface area contributed by atoms with Crippen molar-refractivity contribution < 1.29 is 14.9 Å². The van der Waals surface area contributed by atoms with Crippen LogP contribution < -0.4 is 5.32 Å². The van der Waals surface area contributed by atoms with E-state index in [1.165, 1.54) is 12.8 Å². The predicted molar refractivity (Wildman–Crippen MR) is 74.1 cm³/mol. The Labute approximate surface area is 115 Å². The van der Waals surface area contributed by atoms with Crippen LogP contribution in [0.3, 0.4) is 0 Å². The molecule has 2 fully saturated rings. The van der Waals surface area contributed by atoms with Crippen molar-refractivity contribution in [1.82, 2.24) is 10.2 Å². The van der Waals surface area contributed by atoms with Crippen LogP contribution in [-0.4, -0.2) is 72.8 Å². The molecule has 0 aromatic rings. The molecule has 2 aliphatic heterocycles. The van der Waals surface area contributed by atoms with Crippen LogP contribution in [0.2, 0.25) is 0 Å². The van der Waals surface area contributed by atoms with Crippen LogP contribution in [-0.2, 0) is 4.74 Å². The Morgan fingerprint density at radius 2 is 2.16 bits per heavy atom. The molecule has 0 aromatic heterocycles. The van der Waals surface area contributed by atoms with E-state index < -0.39 is 11.7 Å². The smallest absolute Gasteiger partial charge is 0.0716 e. The molecule has 0 bridgehead atoms. The van der Waals surface area contributed by atoms with Gasteiger partial charge in [-0.1, -0.05) is 0 Å². The van der Waals surface area contributed by atoms with Crippen molar-refractivity contribution >= 4 is 0 Å². The van der Waals surface area contributed by atoms with Crippen molar-refractivity contribution in [3.63, 3.8) is 0 Å². The first kappa shape index (κ1) is 15.2. The van der Waals surface area contributed by atoms with E-state index in [1.807, 2.05) is 0 Å². The fourth-order valence-electron chi connectivity index (χ4n) is 3.15. The number of hydrogen-bond donors (Lipinski definition) is 3. The number of piperidine rings is 1. The molecule has 0 aromatic carbocycles. The molecule has 2 heterocycles. The predicted octanol–water partition coefficient (Wildman–Crippen LogP) is -0.0373. The standard InChI is InChI=1S/C14H28N2O3/c1-16(12-3-2-6-15-10-12)11-13(17)9-14(18)4-7-19-8-5-14/h12-13,15,17-18H,2-11H2,1H3. The van der Waals surface area contributed by atoms with Crippen LogP contribution in [0.15, 0.2) is 0 Å². The molecule has 0 aliphatic carbocycles. The van der Waals surface area contributed by atoms with E-state index >= 15 is 0 Å². The summed E-state index contributed by atoms with van der Waals surface area (Å²) < 4.78 is 5.26. The lowest BCUT2D eigenvalue weighted by Gasteiger charge is -2.37. The zero-order valence-corrected chi connectivity index (χ0v) is 12.0. The molecule has 19 heavy (non-hydrogen) atoms. The second-order valence-electron chi connectivity index (χ2n) is 6.13. The van der Waals surface area contributed by atoms with Gasteiger partial charge in [0.1, 0.15) is 0 Å². The Hall–Kier alpha value is -0.200. The van der Waals surface area contributed by atoms with E-state index in [-0.39, 0.29) is 0 Å². The molecule has 2 saturated heterocycles. The molecule has 2 unspecified atom stereocenters.